The molecule has 0 spiro atoms. The lowest BCUT2D eigenvalue weighted by Crippen LogP contribution is -2.61. The Kier molecular flexibility index (Phi) is 12.8. The summed E-state index contributed by atoms with van der Waals surface area (Å²) in [4.78, 5) is 79.5. The highest BCUT2D eigenvalue weighted by Crippen LogP contribution is 2.40. The quantitative estimate of drug-likeness (QED) is 0.134. The van der Waals surface area contributed by atoms with Crippen molar-refractivity contribution in [1.29, 1.82) is 0 Å². The molecule has 0 aromatic rings. The van der Waals surface area contributed by atoms with Crippen LogP contribution in [0.15, 0.2) is 12.7 Å². The van der Waals surface area contributed by atoms with Crippen LogP contribution in [0, 0.1) is 22.7 Å². The third-order valence-corrected chi connectivity index (χ3v) is 7.86. The standard InChI is InChI=1S/C31H51N5O7/c1-9-11-21(24(38)27(40)32-15-10-2)34-26(39)23-20(30(3,4)5)14-16-36(23)28(41)25(31(6,7)8)35-29(42)33-17-22(37)43-18-19-12-13-19/h10,19-21,23,25H,2,9,11-18H2,1,3-8H3,(H,32,40)(H,34,39)(H2,33,35,42). The lowest BCUT2D eigenvalue weighted by atomic mass is 9.75. The topological polar surface area (TPSA) is 163 Å². The van der Waals surface area contributed by atoms with Gasteiger partial charge >= 0.3 is 12.0 Å². The Balaban J connectivity index is 2.23. The Hall–Kier alpha value is -3.44. The maximum atomic E-state index is 14.1. The number of rotatable bonds is 14. The third-order valence-electron chi connectivity index (χ3n) is 7.86. The number of Topliss-reactive ketones (excluding diaryl/α,β-unsaturated/α-hetero) is 1. The van der Waals surface area contributed by atoms with E-state index in [0.29, 0.717) is 25.4 Å². The number of nitrogens with zero attached hydrogens (tertiary/aromatic N) is 1. The minimum atomic E-state index is -1.05. The van der Waals surface area contributed by atoms with Gasteiger partial charge in [0.1, 0.15) is 18.6 Å². The molecule has 4 N–H and O–H groups in total. The molecule has 1 aliphatic carbocycles. The fraction of sp³-hybridized carbons (Fsp3) is 0.742. The van der Waals surface area contributed by atoms with E-state index in [-0.39, 0.29) is 37.4 Å². The van der Waals surface area contributed by atoms with Gasteiger partial charge in [-0.3, -0.25) is 24.0 Å². The Morgan fingerprint density at radius 2 is 1.63 bits per heavy atom. The predicted octanol–water partition coefficient (Wildman–Crippen LogP) is 2.07. The van der Waals surface area contributed by atoms with Crippen LogP contribution >= 0.6 is 0 Å². The van der Waals surface area contributed by atoms with E-state index in [1.807, 2.05) is 27.7 Å². The summed E-state index contributed by atoms with van der Waals surface area (Å²) < 4.78 is 5.15. The van der Waals surface area contributed by atoms with Gasteiger partial charge in [0.15, 0.2) is 0 Å². The third kappa shape index (κ3) is 10.7. The van der Waals surface area contributed by atoms with Gasteiger partial charge < -0.3 is 30.9 Å². The van der Waals surface area contributed by atoms with Crippen molar-refractivity contribution >= 4 is 35.5 Å². The summed E-state index contributed by atoms with van der Waals surface area (Å²) in [6, 6.07) is -3.71. The number of hydrogen-bond acceptors (Lipinski definition) is 7. The number of nitrogens with one attached hydrogen (secondary N) is 4. The van der Waals surface area contributed by atoms with E-state index in [2.05, 4.69) is 27.8 Å². The number of hydrogen-bond donors (Lipinski definition) is 4. The van der Waals surface area contributed by atoms with Gasteiger partial charge in [0.2, 0.25) is 17.6 Å². The van der Waals surface area contributed by atoms with E-state index in [1.165, 1.54) is 11.0 Å². The number of esters is 1. The number of ether oxygens (including phenoxy) is 1. The second-order valence-electron chi connectivity index (χ2n) is 13.7. The monoisotopic (exact) mass is 605 g/mol. The molecule has 2 aliphatic rings. The molecule has 1 heterocycles. The molecule has 1 aliphatic heterocycles. The predicted molar refractivity (Wildman–Crippen MR) is 162 cm³/mol. The van der Waals surface area contributed by atoms with Crippen molar-refractivity contribution in [2.75, 3.05) is 26.2 Å². The second-order valence-corrected chi connectivity index (χ2v) is 13.7. The van der Waals surface area contributed by atoms with Crippen LogP contribution in [0.1, 0.15) is 80.6 Å². The van der Waals surface area contributed by atoms with Crippen molar-refractivity contribution in [3.8, 4) is 0 Å². The molecule has 5 amide bonds. The van der Waals surface area contributed by atoms with Gasteiger partial charge in [-0.25, -0.2) is 4.79 Å². The molecule has 0 radical (unpaired) electrons. The molecule has 2 fully saturated rings. The van der Waals surface area contributed by atoms with Crippen LogP contribution in [0.5, 0.6) is 0 Å². The van der Waals surface area contributed by atoms with E-state index >= 15 is 0 Å². The van der Waals surface area contributed by atoms with Crippen LogP contribution in [0.4, 0.5) is 4.79 Å². The molecule has 4 unspecified atom stereocenters. The second kappa shape index (κ2) is 15.3. The highest BCUT2D eigenvalue weighted by molar-refractivity contribution is 6.38. The van der Waals surface area contributed by atoms with Crippen molar-refractivity contribution in [3.05, 3.63) is 12.7 Å². The number of likely N-dealkylation sites (tertiary alicyclic amines) is 1. The molecule has 0 aromatic carbocycles. The van der Waals surface area contributed by atoms with E-state index in [1.54, 1.807) is 20.8 Å². The molecule has 1 saturated carbocycles. The first-order chi connectivity index (χ1) is 20.0. The Bertz CT molecular complexity index is 1060. The van der Waals surface area contributed by atoms with Crippen LogP contribution in [-0.2, 0) is 28.7 Å². The van der Waals surface area contributed by atoms with Crippen molar-refractivity contribution in [1.82, 2.24) is 26.2 Å². The van der Waals surface area contributed by atoms with E-state index in [4.69, 9.17) is 4.74 Å². The lowest BCUT2D eigenvalue weighted by molar-refractivity contribution is -0.145. The summed E-state index contributed by atoms with van der Waals surface area (Å²) in [5, 5.41) is 10.4. The van der Waals surface area contributed by atoms with Gasteiger partial charge in [-0.15, -0.1) is 6.58 Å². The van der Waals surface area contributed by atoms with Crippen LogP contribution in [0.25, 0.3) is 0 Å². The molecular weight excluding hydrogens is 554 g/mol. The van der Waals surface area contributed by atoms with Gasteiger partial charge in [0.05, 0.1) is 12.6 Å². The summed E-state index contributed by atoms with van der Waals surface area (Å²) in [5.41, 5.74) is -1.11. The van der Waals surface area contributed by atoms with Crippen molar-refractivity contribution in [2.45, 2.75) is 98.7 Å². The lowest BCUT2D eigenvalue weighted by Gasteiger charge is -2.38. The van der Waals surface area contributed by atoms with Gasteiger partial charge in [0.25, 0.3) is 5.91 Å². The van der Waals surface area contributed by atoms with E-state index < -0.39 is 59.0 Å². The fourth-order valence-electron chi connectivity index (χ4n) is 5.19. The SMILES string of the molecule is C=CCNC(=O)C(=O)C(CCC)NC(=O)C1C(C(C)(C)C)CCN1C(=O)C(NC(=O)NCC(=O)OCC1CC1)C(C)(C)C. The number of carbonyl (C=O) groups excluding carboxylic acids is 6. The molecule has 0 aromatic heterocycles. The maximum absolute atomic E-state index is 14.1. The largest absolute Gasteiger partial charge is 0.464 e. The molecule has 43 heavy (non-hydrogen) atoms. The summed E-state index contributed by atoms with van der Waals surface area (Å²) in [5.74, 6) is -2.96. The van der Waals surface area contributed by atoms with E-state index in [9.17, 15) is 28.8 Å². The first-order valence-corrected chi connectivity index (χ1v) is 15.2. The normalized spacial score (nSPS) is 19.9. The van der Waals surface area contributed by atoms with Crippen LogP contribution in [0.3, 0.4) is 0 Å². The number of ketones is 1. The molecular formula is C31H51N5O7. The average Bonchev–Trinajstić information content (AvgIpc) is 3.64. The maximum Gasteiger partial charge on any atom is 0.325 e. The first-order valence-electron chi connectivity index (χ1n) is 15.2. The summed E-state index contributed by atoms with van der Waals surface area (Å²) in [7, 11) is 0. The van der Waals surface area contributed by atoms with Gasteiger partial charge in [-0.1, -0.05) is 61.0 Å². The zero-order chi connectivity index (χ0) is 32.5. The first kappa shape index (κ1) is 35.8. The van der Waals surface area contributed by atoms with Gasteiger partial charge in [0, 0.05) is 13.1 Å². The van der Waals surface area contributed by atoms with Crippen LogP contribution < -0.4 is 21.3 Å². The number of amides is 5. The number of carbonyl (C=O) groups is 6. The van der Waals surface area contributed by atoms with Crippen molar-refractivity contribution in [3.63, 3.8) is 0 Å². The highest BCUT2D eigenvalue weighted by Gasteiger charge is 2.50. The smallest absolute Gasteiger partial charge is 0.325 e. The average molecular weight is 606 g/mol. The molecule has 4 atom stereocenters. The van der Waals surface area contributed by atoms with Crippen molar-refractivity contribution < 1.29 is 33.5 Å². The Morgan fingerprint density at radius 3 is 2.16 bits per heavy atom. The van der Waals surface area contributed by atoms with Crippen LogP contribution in [0.2, 0.25) is 0 Å². The highest BCUT2D eigenvalue weighted by atomic mass is 16.5. The zero-order valence-corrected chi connectivity index (χ0v) is 26.8. The minimum absolute atomic E-state index is 0.116. The molecule has 0 bridgehead atoms. The Labute approximate surface area is 255 Å². The molecule has 1 saturated heterocycles. The van der Waals surface area contributed by atoms with Gasteiger partial charge in [-0.2, -0.15) is 0 Å². The summed E-state index contributed by atoms with van der Waals surface area (Å²) in [6.45, 7) is 17.1. The van der Waals surface area contributed by atoms with E-state index in [0.717, 1.165) is 12.8 Å². The molecule has 242 valence electrons. The fourth-order valence-corrected chi connectivity index (χ4v) is 5.19. The molecule has 12 heteroatoms. The van der Waals surface area contributed by atoms with Crippen LogP contribution in [-0.4, -0.2) is 84.8 Å². The Morgan fingerprint density at radius 1 is 0.977 bits per heavy atom. The van der Waals surface area contributed by atoms with Gasteiger partial charge in [-0.05, 0) is 48.3 Å². The zero-order valence-electron chi connectivity index (χ0n) is 26.8. The summed E-state index contributed by atoms with van der Waals surface area (Å²) in [6.07, 6.45) is 4.85. The van der Waals surface area contributed by atoms with Crippen molar-refractivity contribution in [2.24, 2.45) is 22.7 Å². The number of urea groups is 1. The minimum Gasteiger partial charge on any atom is -0.464 e. The summed E-state index contributed by atoms with van der Waals surface area (Å²) >= 11 is 0. The molecule has 2 rings (SSSR count). The molecule has 12 nitrogen and oxygen atoms in total.